The molecule has 0 bridgehead atoms. The second-order valence-corrected chi connectivity index (χ2v) is 8.83. The highest BCUT2D eigenvalue weighted by atomic mass is 16.4. The van der Waals surface area contributed by atoms with E-state index in [0.717, 1.165) is 50.9 Å². The van der Waals surface area contributed by atoms with E-state index in [2.05, 4.69) is 56.3 Å². The monoisotopic (exact) mass is 323 g/mol. The third-order valence-electron chi connectivity index (χ3n) is 4.55. The molecule has 1 atom stereocenters. The molecule has 1 aliphatic heterocycles. The van der Waals surface area contributed by atoms with Gasteiger partial charge >= 0.3 is 0 Å². The van der Waals surface area contributed by atoms with Gasteiger partial charge in [0.1, 0.15) is 5.76 Å². The van der Waals surface area contributed by atoms with Gasteiger partial charge in [0, 0.05) is 38.1 Å². The van der Waals surface area contributed by atoms with E-state index in [9.17, 15) is 5.11 Å². The summed E-state index contributed by atoms with van der Waals surface area (Å²) in [4.78, 5) is 9.14. The maximum absolute atomic E-state index is 10.2. The second-order valence-electron chi connectivity index (χ2n) is 8.83. The third kappa shape index (κ3) is 5.30. The summed E-state index contributed by atoms with van der Waals surface area (Å²) < 4.78 is 5.88. The van der Waals surface area contributed by atoms with Crippen molar-refractivity contribution in [2.24, 2.45) is 5.41 Å². The van der Waals surface area contributed by atoms with Crippen LogP contribution in [0.15, 0.2) is 10.6 Å². The summed E-state index contributed by atoms with van der Waals surface area (Å²) in [7, 11) is 0. The first kappa shape index (κ1) is 18.4. The summed E-state index contributed by atoms with van der Waals surface area (Å²) in [5, 5.41) is 10.2. The highest BCUT2D eigenvalue weighted by Crippen LogP contribution is 2.23. The number of hydrogen-bond donors (Lipinski definition) is 1. The van der Waals surface area contributed by atoms with E-state index in [0.29, 0.717) is 0 Å². The zero-order chi connectivity index (χ0) is 17.3. The number of aliphatic hydroxyl groups is 1. The van der Waals surface area contributed by atoms with Crippen LogP contribution < -0.4 is 0 Å². The molecule has 1 saturated heterocycles. The summed E-state index contributed by atoms with van der Waals surface area (Å²) >= 11 is 0. The molecule has 5 nitrogen and oxygen atoms in total. The lowest BCUT2D eigenvalue weighted by molar-refractivity contribution is 0.0116. The van der Waals surface area contributed by atoms with Crippen LogP contribution in [-0.2, 0) is 12.0 Å². The summed E-state index contributed by atoms with van der Waals surface area (Å²) in [6.07, 6.45) is 1.57. The topological polar surface area (TPSA) is 52.7 Å². The Kier molecular flexibility index (Phi) is 5.54. The number of piperazine rings is 1. The van der Waals surface area contributed by atoms with Crippen molar-refractivity contribution in [1.29, 1.82) is 0 Å². The van der Waals surface area contributed by atoms with Crippen molar-refractivity contribution >= 4 is 0 Å². The number of hydrogen-bond acceptors (Lipinski definition) is 5. The minimum atomic E-state index is -0.282. The van der Waals surface area contributed by atoms with Gasteiger partial charge in [-0.1, -0.05) is 41.5 Å². The first-order valence-electron chi connectivity index (χ1n) is 8.63. The molecule has 0 spiro atoms. The minimum absolute atomic E-state index is 0.00699. The summed E-state index contributed by atoms with van der Waals surface area (Å²) in [5.41, 5.74) is -0.0500. The molecule has 2 rings (SSSR count). The fourth-order valence-corrected chi connectivity index (χ4v) is 2.57. The van der Waals surface area contributed by atoms with Gasteiger partial charge < -0.3 is 9.52 Å². The highest BCUT2D eigenvalue weighted by Gasteiger charge is 2.27. The standard InChI is InChI=1S/C18H33N3O2/c1-17(2,3)14(22)12-20-7-9-21(10-8-20)13-16-19-11-15(23-16)18(4,5)6/h11,14,22H,7-10,12-13H2,1-6H3. The van der Waals surface area contributed by atoms with Crippen LogP contribution in [0.5, 0.6) is 0 Å². The van der Waals surface area contributed by atoms with Crippen LogP contribution >= 0.6 is 0 Å². The molecule has 0 radical (unpaired) electrons. The van der Waals surface area contributed by atoms with E-state index in [1.165, 1.54) is 0 Å². The van der Waals surface area contributed by atoms with Gasteiger partial charge in [-0.3, -0.25) is 9.80 Å². The maximum Gasteiger partial charge on any atom is 0.208 e. The van der Waals surface area contributed by atoms with Gasteiger partial charge in [0.2, 0.25) is 5.89 Å². The van der Waals surface area contributed by atoms with Crippen molar-refractivity contribution < 1.29 is 9.52 Å². The molecule has 1 N–H and O–H groups in total. The predicted molar refractivity (Wildman–Crippen MR) is 92.4 cm³/mol. The number of rotatable bonds is 4. The molecule has 5 heteroatoms. The zero-order valence-corrected chi connectivity index (χ0v) is 15.6. The van der Waals surface area contributed by atoms with Crippen molar-refractivity contribution in [2.75, 3.05) is 32.7 Å². The van der Waals surface area contributed by atoms with Crippen molar-refractivity contribution in [3.63, 3.8) is 0 Å². The number of aromatic nitrogens is 1. The molecule has 0 amide bonds. The van der Waals surface area contributed by atoms with E-state index in [4.69, 9.17) is 4.42 Å². The molecule has 1 aromatic rings. The van der Waals surface area contributed by atoms with Gasteiger partial charge in [-0.2, -0.15) is 0 Å². The number of β-amino-alcohol motifs (C(OH)–C–C–N with tert-alkyl or cyclic N) is 1. The summed E-state index contributed by atoms with van der Waals surface area (Å²) in [6, 6.07) is 0. The average Bonchev–Trinajstić information content (AvgIpc) is 2.88. The van der Waals surface area contributed by atoms with Crippen LogP contribution in [0.1, 0.15) is 53.2 Å². The molecule has 1 aliphatic rings. The van der Waals surface area contributed by atoms with Crippen LogP contribution in [0, 0.1) is 5.41 Å². The molecule has 0 aliphatic carbocycles. The Bertz CT molecular complexity index is 491. The Morgan fingerprint density at radius 3 is 2.13 bits per heavy atom. The van der Waals surface area contributed by atoms with Crippen molar-refractivity contribution in [3.05, 3.63) is 17.8 Å². The number of nitrogens with zero attached hydrogens (tertiary/aromatic N) is 3. The molecule has 0 saturated carbocycles. The Balaban J connectivity index is 1.80. The van der Waals surface area contributed by atoms with Crippen LogP contribution in [0.2, 0.25) is 0 Å². The van der Waals surface area contributed by atoms with Crippen LogP contribution in [0.25, 0.3) is 0 Å². The van der Waals surface area contributed by atoms with Gasteiger partial charge in [-0.25, -0.2) is 4.98 Å². The molecule has 0 aromatic carbocycles. The highest BCUT2D eigenvalue weighted by molar-refractivity contribution is 5.06. The molecular weight excluding hydrogens is 290 g/mol. The lowest BCUT2D eigenvalue weighted by atomic mass is 9.89. The molecule has 23 heavy (non-hydrogen) atoms. The average molecular weight is 323 g/mol. The van der Waals surface area contributed by atoms with E-state index in [1.807, 2.05) is 6.20 Å². The molecule has 132 valence electrons. The quantitative estimate of drug-likeness (QED) is 0.922. The Hall–Kier alpha value is -0.910. The molecule has 1 aromatic heterocycles. The maximum atomic E-state index is 10.2. The minimum Gasteiger partial charge on any atom is -0.444 e. The van der Waals surface area contributed by atoms with E-state index in [-0.39, 0.29) is 16.9 Å². The van der Waals surface area contributed by atoms with E-state index in [1.54, 1.807) is 0 Å². The number of aliphatic hydroxyl groups excluding tert-OH is 1. The Morgan fingerprint density at radius 2 is 1.65 bits per heavy atom. The Morgan fingerprint density at radius 1 is 1.09 bits per heavy atom. The lowest BCUT2D eigenvalue weighted by Gasteiger charge is -2.37. The van der Waals surface area contributed by atoms with Gasteiger partial charge in [0.15, 0.2) is 0 Å². The zero-order valence-electron chi connectivity index (χ0n) is 15.6. The van der Waals surface area contributed by atoms with Crippen LogP contribution in [0.3, 0.4) is 0 Å². The van der Waals surface area contributed by atoms with Crippen LogP contribution in [-0.4, -0.2) is 58.7 Å². The molecular formula is C18H33N3O2. The first-order chi connectivity index (χ1) is 10.6. The predicted octanol–water partition coefficient (Wildman–Crippen LogP) is 2.50. The van der Waals surface area contributed by atoms with Gasteiger partial charge in [-0.05, 0) is 5.41 Å². The second kappa shape index (κ2) is 6.91. The SMILES string of the molecule is CC(C)(C)c1cnc(CN2CCN(CC(O)C(C)(C)C)CC2)o1. The molecule has 2 heterocycles. The largest absolute Gasteiger partial charge is 0.444 e. The smallest absolute Gasteiger partial charge is 0.208 e. The fraction of sp³-hybridized carbons (Fsp3) is 0.833. The van der Waals surface area contributed by atoms with Gasteiger partial charge in [0.05, 0.1) is 18.8 Å². The lowest BCUT2D eigenvalue weighted by Crippen LogP contribution is -2.49. The number of oxazole rings is 1. The van der Waals surface area contributed by atoms with Crippen molar-refractivity contribution in [3.8, 4) is 0 Å². The van der Waals surface area contributed by atoms with Crippen molar-refractivity contribution in [1.82, 2.24) is 14.8 Å². The third-order valence-corrected chi connectivity index (χ3v) is 4.55. The normalized spacial score (nSPS) is 20.0. The summed E-state index contributed by atoms with van der Waals surface area (Å²) in [6.45, 7) is 18.1. The molecule has 1 fully saturated rings. The first-order valence-corrected chi connectivity index (χ1v) is 8.63. The fourth-order valence-electron chi connectivity index (χ4n) is 2.57. The van der Waals surface area contributed by atoms with Gasteiger partial charge in [-0.15, -0.1) is 0 Å². The van der Waals surface area contributed by atoms with Crippen LogP contribution in [0.4, 0.5) is 0 Å². The Labute approximate surface area is 140 Å². The van der Waals surface area contributed by atoms with Gasteiger partial charge in [0.25, 0.3) is 0 Å². The molecule has 1 unspecified atom stereocenters. The summed E-state index contributed by atoms with van der Waals surface area (Å²) in [5.74, 6) is 1.75. The van der Waals surface area contributed by atoms with Crippen molar-refractivity contribution in [2.45, 2.75) is 59.6 Å². The van der Waals surface area contributed by atoms with E-state index >= 15 is 0 Å². The van der Waals surface area contributed by atoms with E-state index < -0.39 is 0 Å².